The van der Waals surface area contributed by atoms with Crippen LogP contribution in [0.4, 0.5) is 0 Å². The summed E-state index contributed by atoms with van der Waals surface area (Å²) in [4.78, 5) is 12.1. The molecule has 0 bridgehead atoms. The van der Waals surface area contributed by atoms with Crippen molar-refractivity contribution in [1.29, 1.82) is 0 Å². The van der Waals surface area contributed by atoms with Gasteiger partial charge in [-0.1, -0.05) is 36.9 Å². The molecule has 0 aliphatic rings. The van der Waals surface area contributed by atoms with Crippen LogP contribution in [0.25, 0.3) is 22.7 Å². The lowest BCUT2D eigenvalue weighted by molar-refractivity contribution is 1.04. The van der Waals surface area contributed by atoms with Crippen LogP contribution in [-0.4, -0.2) is 4.57 Å². The first-order valence-electron chi connectivity index (χ1n) is 6.13. The number of hydrogen-bond donors (Lipinski definition) is 0. The minimum atomic E-state index is -0.0231. The Labute approximate surface area is 111 Å². The molecule has 0 radical (unpaired) electrons. The molecule has 0 saturated carbocycles. The number of aromatic nitrogens is 1. The molecule has 1 heterocycles. The molecule has 0 aliphatic heterocycles. The number of para-hydroxylation sites is 1. The van der Waals surface area contributed by atoms with Crippen LogP contribution >= 0.6 is 0 Å². The Morgan fingerprint density at radius 2 is 1.74 bits per heavy atom. The first-order chi connectivity index (χ1) is 9.29. The van der Waals surface area contributed by atoms with Gasteiger partial charge in [0.15, 0.2) is 0 Å². The van der Waals surface area contributed by atoms with Gasteiger partial charge in [0.05, 0.1) is 5.52 Å². The maximum atomic E-state index is 12.1. The molecular weight excluding hydrogens is 234 g/mol. The van der Waals surface area contributed by atoms with Gasteiger partial charge in [0.1, 0.15) is 0 Å². The van der Waals surface area contributed by atoms with E-state index in [2.05, 4.69) is 6.58 Å². The van der Waals surface area contributed by atoms with Crippen LogP contribution in [0.5, 0.6) is 0 Å². The second kappa shape index (κ2) is 4.58. The van der Waals surface area contributed by atoms with E-state index in [1.165, 1.54) is 0 Å². The Balaban J connectivity index is 2.38. The lowest BCUT2D eigenvalue weighted by atomic mass is 10.1. The molecule has 0 fully saturated rings. The molecule has 3 rings (SSSR count). The molecule has 2 heteroatoms. The summed E-state index contributed by atoms with van der Waals surface area (Å²) in [5, 5.41) is 1.03. The van der Waals surface area contributed by atoms with Crippen LogP contribution < -0.4 is 5.56 Å². The fraction of sp³-hybridized carbons (Fsp3) is 0. The quantitative estimate of drug-likeness (QED) is 0.677. The van der Waals surface area contributed by atoms with Gasteiger partial charge in [-0.05, 0) is 41.3 Å². The number of hydrogen-bond acceptors (Lipinski definition) is 1. The van der Waals surface area contributed by atoms with Gasteiger partial charge in [0.2, 0.25) is 0 Å². The number of pyridine rings is 1. The highest BCUT2D eigenvalue weighted by molar-refractivity contribution is 5.83. The standard InChI is InChI=1S/C17H13NO/c1-2-13-8-10-16-14(12-13)9-11-17(19)18(16)15-6-4-3-5-7-15/h2-12H,1H2. The lowest BCUT2D eigenvalue weighted by Gasteiger charge is -2.10. The van der Waals surface area contributed by atoms with Crippen LogP contribution in [0.15, 0.2) is 72.0 Å². The monoisotopic (exact) mass is 247 g/mol. The van der Waals surface area contributed by atoms with Gasteiger partial charge >= 0.3 is 0 Å². The number of nitrogens with zero attached hydrogens (tertiary/aromatic N) is 1. The summed E-state index contributed by atoms with van der Waals surface area (Å²) >= 11 is 0. The summed E-state index contributed by atoms with van der Waals surface area (Å²) in [7, 11) is 0. The van der Waals surface area contributed by atoms with Crippen molar-refractivity contribution in [3.8, 4) is 5.69 Å². The molecule has 0 N–H and O–H groups in total. The minimum Gasteiger partial charge on any atom is -0.277 e. The second-order valence-electron chi connectivity index (χ2n) is 4.36. The molecule has 2 nitrogen and oxygen atoms in total. The Morgan fingerprint density at radius 3 is 2.47 bits per heavy atom. The van der Waals surface area contributed by atoms with E-state index in [1.54, 1.807) is 16.7 Å². The number of rotatable bonds is 2. The average Bonchev–Trinajstić information content (AvgIpc) is 2.47. The molecule has 0 atom stereocenters. The van der Waals surface area contributed by atoms with Gasteiger partial charge in [-0.3, -0.25) is 9.36 Å². The Hall–Kier alpha value is -2.61. The van der Waals surface area contributed by atoms with Gasteiger partial charge in [-0.25, -0.2) is 0 Å². The Morgan fingerprint density at radius 1 is 0.947 bits per heavy atom. The van der Waals surface area contributed by atoms with E-state index >= 15 is 0 Å². The predicted octanol–water partition coefficient (Wildman–Crippen LogP) is 3.63. The van der Waals surface area contributed by atoms with Gasteiger partial charge in [-0.2, -0.15) is 0 Å². The first kappa shape index (κ1) is 11.5. The molecule has 92 valence electrons. The van der Waals surface area contributed by atoms with Crippen LogP contribution in [0, 0.1) is 0 Å². The van der Waals surface area contributed by atoms with E-state index in [-0.39, 0.29) is 5.56 Å². The minimum absolute atomic E-state index is 0.0231. The highest BCUT2D eigenvalue weighted by Gasteiger charge is 2.04. The third kappa shape index (κ3) is 1.97. The molecule has 0 aliphatic carbocycles. The first-order valence-corrected chi connectivity index (χ1v) is 6.13. The molecule has 19 heavy (non-hydrogen) atoms. The summed E-state index contributed by atoms with van der Waals surface area (Å²) in [6, 6.07) is 19.1. The van der Waals surface area contributed by atoms with Crippen molar-refractivity contribution in [3.63, 3.8) is 0 Å². The molecule has 3 aromatic rings. The van der Waals surface area contributed by atoms with E-state index in [0.29, 0.717) is 0 Å². The summed E-state index contributed by atoms with van der Waals surface area (Å²) in [5.74, 6) is 0. The van der Waals surface area contributed by atoms with Crippen molar-refractivity contribution in [2.45, 2.75) is 0 Å². The zero-order valence-corrected chi connectivity index (χ0v) is 10.4. The fourth-order valence-electron chi connectivity index (χ4n) is 2.23. The van der Waals surface area contributed by atoms with Crippen molar-refractivity contribution in [2.75, 3.05) is 0 Å². The van der Waals surface area contributed by atoms with Crippen molar-refractivity contribution in [3.05, 3.63) is 83.2 Å². The Bertz CT molecular complexity index is 800. The molecular formula is C17H13NO. The number of benzene rings is 2. The Kier molecular flexibility index (Phi) is 2.76. The lowest BCUT2D eigenvalue weighted by Crippen LogP contribution is -2.17. The third-order valence-electron chi connectivity index (χ3n) is 3.17. The van der Waals surface area contributed by atoms with Gasteiger partial charge in [0.25, 0.3) is 5.56 Å². The van der Waals surface area contributed by atoms with Crippen LogP contribution in [0.2, 0.25) is 0 Å². The van der Waals surface area contributed by atoms with E-state index in [0.717, 1.165) is 22.2 Å². The largest absolute Gasteiger partial charge is 0.277 e. The summed E-state index contributed by atoms with van der Waals surface area (Å²) in [5.41, 5.74) is 2.81. The van der Waals surface area contributed by atoms with Crippen LogP contribution in [-0.2, 0) is 0 Å². The summed E-state index contributed by atoms with van der Waals surface area (Å²) in [6.07, 6.45) is 1.80. The fourth-order valence-corrected chi connectivity index (χ4v) is 2.23. The predicted molar refractivity (Wildman–Crippen MR) is 79.6 cm³/mol. The summed E-state index contributed by atoms with van der Waals surface area (Å²) < 4.78 is 1.72. The van der Waals surface area contributed by atoms with Gasteiger partial charge in [-0.15, -0.1) is 0 Å². The molecule has 1 aromatic heterocycles. The van der Waals surface area contributed by atoms with Gasteiger partial charge in [0, 0.05) is 11.8 Å². The highest BCUT2D eigenvalue weighted by atomic mass is 16.1. The topological polar surface area (TPSA) is 22.0 Å². The normalized spacial score (nSPS) is 10.5. The maximum absolute atomic E-state index is 12.1. The van der Waals surface area contributed by atoms with Gasteiger partial charge < -0.3 is 0 Å². The zero-order valence-electron chi connectivity index (χ0n) is 10.4. The zero-order chi connectivity index (χ0) is 13.2. The van der Waals surface area contributed by atoms with E-state index in [1.807, 2.05) is 54.6 Å². The van der Waals surface area contributed by atoms with E-state index in [4.69, 9.17) is 0 Å². The third-order valence-corrected chi connectivity index (χ3v) is 3.17. The summed E-state index contributed by atoms with van der Waals surface area (Å²) in [6.45, 7) is 3.77. The van der Waals surface area contributed by atoms with E-state index in [9.17, 15) is 4.79 Å². The molecule has 0 spiro atoms. The molecule has 0 amide bonds. The van der Waals surface area contributed by atoms with Crippen LogP contribution in [0.3, 0.4) is 0 Å². The SMILES string of the molecule is C=Cc1ccc2c(ccc(=O)n2-c2ccccc2)c1. The van der Waals surface area contributed by atoms with Crippen molar-refractivity contribution >= 4 is 17.0 Å². The smallest absolute Gasteiger partial charge is 0.255 e. The number of fused-ring (bicyclic) bond motifs is 1. The highest BCUT2D eigenvalue weighted by Crippen LogP contribution is 2.18. The van der Waals surface area contributed by atoms with Crippen molar-refractivity contribution in [1.82, 2.24) is 4.57 Å². The van der Waals surface area contributed by atoms with Crippen molar-refractivity contribution in [2.24, 2.45) is 0 Å². The molecule has 0 unspecified atom stereocenters. The van der Waals surface area contributed by atoms with Crippen molar-refractivity contribution < 1.29 is 0 Å². The van der Waals surface area contributed by atoms with E-state index < -0.39 is 0 Å². The second-order valence-corrected chi connectivity index (χ2v) is 4.36. The molecule has 2 aromatic carbocycles. The maximum Gasteiger partial charge on any atom is 0.255 e. The molecule has 0 saturated heterocycles. The van der Waals surface area contributed by atoms with Crippen LogP contribution in [0.1, 0.15) is 5.56 Å². The average molecular weight is 247 g/mol.